The summed E-state index contributed by atoms with van der Waals surface area (Å²) in [7, 11) is 0. The summed E-state index contributed by atoms with van der Waals surface area (Å²) in [5.74, 6) is 0.916. The van der Waals surface area contributed by atoms with Crippen LogP contribution in [0.2, 0.25) is 0 Å². The number of aryl methyl sites for hydroxylation is 2. The number of ether oxygens (including phenoxy) is 1. The second-order valence-electron chi connectivity index (χ2n) is 7.84. The zero-order valence-electron chi connectivity index (χ0n) is 15.1. The maximum absolute atomic E-state index is 11.9. The second kappa shape index (κ2) is 7.87. The van der Waals surface area contributed by atoms with Crippen molar-refractivity contribution in [2.24, 2.45) is 5.92 Å². The van der Waals surface area contributed by atoms with Gasteiger partial charge in [0.25, 0.3) is 0 Å². The van der Waals surface area contributed by atoms with E-state index in [1.165, 1.54) is 18.5 Å². The summed E-state index contributed by atoms with van der Waals surface area (Å²) in [5.41, 5.74) is 2.37. The van der Waals surface area contributed by atoms with Gasteiger partial charge in [-0.2, -0.15) is 5.10 Å². The Bertz CT molecular complexity index is 590. The maximum Gasteiger partial charge on any atom is 0.220 e. The minimum absolute atomic E-state index is 0.172. The number of carbonyl (C=O) groups is 1. The zero-order valence-corrected chi connectivity index (χ0v) is 15.1. The van der Waals surface area contributed by atoms with Crippen molar-refractivity contribution in [3.05, 3.63) is 17.5 Å². The lowest BCUT2D eigenvalue weighted by Crippen LogP contribution is -2.26. The molecule has 138 valence electrons. The smallest absolute Gasteiger partial charge is 0.220 e. The van der Waals surface area contributed by atoms with Crippen LogP contribution in [0.4, 0.5) is 0 Å². The first-order valence-corrected chi connectivity index (χ1v) is 9.91. The number of nitrogens with one attached hydrogen (secondary N) is 1. The lowest BCUT2D eigenvalue weighted by atomic mass is 10.0. The van der Waals surface area contributed by atoms with E-state index in [2.05, 4.69) is 21.0 Å². The fourth-order valence-electron chi connectivity index (χ4n) is 3.85. The Morgan fingerprint density at radius 3 is 3.04 bits per heavy atom. The zero-order chi connectivity index (χ0) is 17.1. The van der Waals surface area contributed by atoms with Crippen LogP contribution in [-0.4, -0.2) is 52.9 Å². The molecule has 0 radical (unpaired) electrons. The normalized spacial score (nSPS) is 24.1. The molecule has 25 heavy (non-hydrogen) atoms. The highest BCUT2D eigenvalue weighted by Gasteiger charge is 2.23. The second-order valence-corrected chi connectivity index (χ2v) is 7.84. The van der Waals surface area contributed by atoms with Gasteiger partial charge in [-0.15, -0.1) is 0 Å². The van der Waals surface area contributed by atoms with Crippen molar-refractivity contribution in [3.8, 4) is 0 Å². The van der Waals surface area contributed by atoms with Gasteiger partial charge >= 0.3 is 0 Å². The van der Waals surface area contributed by atoms with Crippen molar-refractivity contribution < 1.29 is 9.53 Å². The number of hydrogen-bond acceptors (Lipinski definition) is 4. The summed E-state index contributed by atoms with van der Waals surface area (Å²) in [4.78, 5) is 14.4. The Labute approximate surface area is 149 Å². The van der Waals surface area contributed by atoms with Crippen LogP contribution in [0, 0.1) is 5.92 Å². The average Bonchev–Trinajstić information content (AvgIpc) is 3.16. The van der Waals surface area contributed by atoms with Gasteiger partial charge in [-0.25, -0.2) is 0 Å². The van der Waals surface area contributed by atoms with Crippen LogP contribution in [0.25, 0.3) is 0 Å². The first-order valence-electron chi connectivity index (χ1n) is 9.91. The molecule has 3 aliphatic rings. The molecule has 1 aromatic rings. The first-order chi connectivity index (χ1) is 12.3. The fraction of sp³-hybridized carbons (Fsp3) is 0.789. The standard InChI is InChI=1S/C19H30N4O2/c24-19(20-16-2-3-16)5-4-17-12-18-13-22(8-1-9-23(18)21-17)10-6-15-7-11-25-14-15/h12,15-16H,1-11,13-14H2,(H,20,24). The molecule has 0 aromatic carbocycles. The van der Waals surface area contributed by atoms with Gasteiger partial charge in [0.05, 0.1) is 11.4 Å². The van der Waals surface area contributed by atoms with E-state index >= 15 is 0 Å². The molecule has 0 bridgehead atoms. The minimum Gasteiger partial charge on any atom is -0.381 e. The third-order valence-corrected chi connectivity index (χ3v) is 5.57. The third kappa shape index (κ3) is 4.82. The van der Waals surface area contributed by atoms with Crippen molar-refractivity contribution in [2.45, 2.75) is 64.1 Å². The van der Waals surface area contributed by atoms with Crippen LogP contribution in [0.3, 0.4) is 0 Å². The number of amides is 1. The van der Waals surface area contributed by atoms with Gasteiger partial charge in [0.2, 0.25) is 5.91 Å². The van der Waals surface area contributed by atoms with Crippen molar-refractivity contribution in [1.82, 2.24) is 20.0 Å². The highest BCUT2D eigenvalue weighted by molar-refractivity contribution is 5.76. The molecule has 1 saturated heterocycles. The van der Waals surface area contributed by atoms with Crippen molar-refractivity contribution in [3.63, 3.8) is 0 Å². The predicted molar refractivity (Wildman–Crippen MR) is 95.1 cm³/mol. The Hall–Kier alpha value is -1.40. The van der Waals surface area contributed by atoms with Gasteiger partial charge in [0, 0.05) is 51.7 Å². The van der Waals surface area contributed by atoms with Gasteiger partial charge in [-0.1, -0.05) is 0 Å². The molecule has 2 aliphatic heterocycles. The number of carbonyl (C=O) groups excluding carboxylic acids is 1. The minimum atomic E-state index is 0.172. The number of aromatic nitrogens is 2. The van der Waals surface area contributed by atoms with Crippen molar-refractivity contribution in [2.75, 3.05) is 26.3 Å². The van der Waals surface area contributed by atoms with Crippen LogP contribution >= 0.6 is 0 Å². The average molecular weight is 346 g/mol. The lowest BCUT2D eigenvalue weighted by Gasteiger charge is -2.20. The summed E-state index contributed by atoms with van der Waals surface area (Å²) >= 11 is 0. The molecular weight excluding hydrogens is 316 g/mol. The largest absolute Gasteiger partial charge is 0.381 e. The van der Waals surface area contributed by atoms with Crippen molar-refractivity contribution >= 4 is 5.91 Å². The number of hydrogen-bond donors (Lipinski definition) is 1. The molecule has 1 aliphatic carbocycles. The quantitative estimate of drug-likeness (QED) is 0.817. The fourth-order valence-corrected chi connectivity index (χ4v) is 3.85. The van der Waals surface area contributed by atoms with Gasteiger partial charge in [-0.05, 0) is 50.6 Å². The molecule has 1 saturated carbocycles. The SMILES string of the molecule is O=C(CCc1cc2n(n1)CCCN(CCC1CCOC1)C2)NC1CC1. The van der Waals surface area contributed by atoms with E-state index in [1.54, 1.807) is 0 Å². The number of rotatable bonds is 7. The van der Waals surface area contributed by atoms with E-state index in [0.717, 1.165) is 76.7 Å². The number of fused-ring (bicyclic) bond motifs is 1. The van der Waals surface area contributed by atoms with Gasteiger partial charge < -0.3 is 10.1 Å². The van der Waals surface area contributed by atoms with E-state index in [9.17, 15) is 4.79 Å². The lowest BCUT2D eigenvalue weighted by molar-refractivity contribution is -0.121. The Kier molecular flexibility index (Phi) is 5.36. The van der Waals surface area contributed by atoms with E-state index < -0.39 is 0 Å². The number of nitrogens with zero attached hydrogens (tertiary/aromatic N) is 3. The topological polar surface area (TPSA) is 59.4 Å². The Morgan fingerprint density at radius 1 is 1.32 bits per heavy atom. The van der Waals surface area contributed by atoms with E-state index in [4.69, 9.17) is 9.84 Å². The maximum atomic E-state index is 11.9. The highest BCUT2D eigenvalue weighted by atomic mass is 16.5. The van der Waals surface area contributed by atoms with Gasteiger partial charge in [-0.3, -0.25) is 14.4 Å². The van der Waals surface area contributed by atoms with E-state index in [0.29, 0.717) is 12.5 Å². The van der Waals surface area contributed by atoms with Crippen LogP contribution in [0.1, 0.15) is 49.9 Å². The van der Waals surface area contributed by atoms with Gasteiger partial charge in [0.1, 0.15) is 0 Å². The van der Waals surface area contributed by atoms with Crippen molar-refractivity contribution in [1.29, 1.82) is 0 Å². The summed E-state index contributed by atoms with van der Waals surface area (Å²) < 4.78 is 7.65. The van der Waals surface area contributed by atoms with E-state index in [1.807, 2.05) is 0 Å². The highest BCUT2D eigenvalue weighted by Crippen LogP contribution is 2.20. The van der Waals surface area contributed by atoms with E-state index in [-0.39, 0.29) is 5.91 Å². The third-order valence-electron chi connectivity index (χ3n) is 5.57. The predicted octanol–water partition coefficient (Wildman–Crippen LogP) is 1.73. The van der Waals surface area contributed by atoms with Crippen LogP contribution < -0.4 is 5.32 Å². The molecular formula is C19H30N4O2. The molecule has 1 N–H and O–H groups in total. The van der Waals surface area contributed by atoms with Crippen LogP contribution in [-0.2, 0) is 29.0 Å². The van der Waals surface area contributed by atoms with Crippen LogP contribution in [0.15, 0.2) is 6.07 Å². The molecule has 2 fully saturated rings. The molecule has 1 unspecified atom stereocenters. The molecule has 1 amide bonds. The summed E-state index contributed by atoms with van der Waals surface area (Å²) in [6.45, 7) is 6.16. The summed E-state index contributed by atoms with van der Waals surface area (Å²) in [6.07, 6.45) is 7.20. The molecule has 0 spiro atoms. The molecule has 3 heterocycles. The Morgan fingerprint density at radius 2 is 2.24 bits per heavy atom. The first kappa shape index (κ1) is 17.0. The Balaban J connectivity index is 1.28. The van der Waals surface area contributed by atoms with Gasteiger partial charge in [0.15, 0.2) is 0 Å². The molecule has 6 heteroatoms. The summed E-state index contributed by atoms with van der Waals surface area (Å²) in [6, 6.07) is 2.66. The van der Waals surface area contributed by atoms with Crippen LogP contribution in [0.5, 0.6) is 0 Å². The molecule has 1 atom stereocenters. The molecule has 4 rings (SSSR count). The molecule has 6 nitrogen and oxygen atoms in total. The summed E-state index contributed by atoms with van der Waals surface area (Å²) in [5, 5.41) is 7.79. The molecule has 1 aromatic heterocycles. The monoisotopic (exact) mass is 346 g/mol.